The molecule has 0 unspecified atom stereocenters. The molecule has 0 saturated carbocycles. The first-order valence-electron chi connectivity index (χ1n) is 7.34. The molecule has 0 bridgehead atoms. The van der Waals surface area contributed by atoms with Crippen LogP contribution in [0, 0.1) is 0 Å². The molecule has 0 saturated heterocycles. The molecule has 0 atom stereocenters. The molecule has 0 aliphatic carbocycles. The summed E-state index contributed by atoms with van der Waals surface area (Å²) in [6, 6.07) is 2.84. The Morgan fingerprint density at radius 1 is 0.864 bits per heavy atom. The second-order valence-corrected chi connectivity index (χ2v) is 5.48. The fraction of sp³-hybridized carbons (Fsp3) is 0.500. The molecule has 1 rings (SSSR count). The molecule has 122 valence electrons. The van der Waals surface area contributed by atoms with Crippen molar-refractivity contribution in [1.82, 2.24) is 0 Å². The largest absolute Gasteiger partial charge is 0.493 e. The minimum atomic E-state index is -0.666. The summed E-state index contributed by atoms with van der Waals surface area (Å²) >= 11 is 11.2. The van der Waals surface area contributed by atoms with Gasteiger partial charge >= 0.3 is 0 Å². The van der Waals surface area contributed by atoms with Crippen LogP contribution < -0.4 is 9.47 Å². The molecule has 4 nitrogen and oxygen atoms in total. The van der Waals surface area contributed by atoms with Gasteiger partial charge in [0.2, 0.25) is 0 Å². The maximum absolute atomic E-state index is 11.6. The zero-order chi connectivity index (χ0) is 16.5. The number of hydrogen-bond acceptors (Lipinski definition) is 4. The maximum Gasteiger partial charge on any atom is 0.256 e. The number of carbonyl (C=O) groups is 2. The Morgan fingerprint density at radius 3 is 1.50 bits per heavy atom. The Kier molecular flexibility index (Phi) is 8.28. The van der Waals surface area contributed by atoms with E-state index in [1.165, 1.54) is 12.1 Å². The zero-order valence-corrected chi connectivity index (χ0v) is 14.3. The van der Waals surface area contributed by atoms with Gasteiger partial charge in [0.05, 0.1) is 24.3 Å². The quantitative estimate of drug-likeness (QED) is 0.451. The second kappa shape index (κ2) is 9.70. The van der Waals surface area contributed by atoms with Crippen molar-refractivity contribution in [2.24, 2.45) is 0 Å². The van der Waals surface area contributed by atoms with Crippen molar-refractivity contribution in [3.63, 3.8) is 0 Å². The third-order valence-corrected chi connectivity index (χ3v) is 3.42. The van der Waals surface area contributed by atoms with Crippen LogP contribution in [0.3, 0.4) is 0 Å². The van der Waals surface area contributed by atoms with Crippen molar-refractivity contribution < 1.29 is 19.1 Å². The molecule has 0 N–H and O–H groups in total. The van der Waals surface area contributed by atoms with Crippen LogP contribution in [0.2, 0.25) is 0 Å². The predicted octanol–water partition coefficient (Wildman–Crippen LogP) is 4.80. The fourth-order valence-corrected chi connectivity index (χ4v) is 2.05. The van der Waals surface area contributed by atoms with E-state index in [4.69, 9.17) is 32.7 Å². The van der Waals surface area contributed by atoms with Gasteiger partial charge in [0, 0.05) is 0 Å². The molecule has 0 aliphatic heterocycles. The average Bonchev–Trinajstić information content (AvgIpc) is 2.47. The first kappa shape index (κ1) is 18.8. The lowest BCUT2D eigenvalue weighted by atomic mass is 10.1. The van der Waals surface area contributed by atoms with Crippen LogP contribution in [0.4, 0.5) is 0 Å². The fourth-order valence-electron chi connectivity index (χ4n) is 1.76. The predicted molar refractivity (Wildman–Crippen MR) is 87.6 cm³/mol. The topological polar surface area (TPSA) is 52.6 Å². The first-order chi connectivity index (χ1) is 10.5. The van der Waals surface area contributed by atoms with Crippen molar-refractivity contribution in [3.8, 4) is 11.5 Å². The van der Waals surface area contributed by atoms with Crippen molar-refractivity contribution in [2.75, 3.05) is 13.2 Å². The molecule has 0 spiro atoms. The van der Waals surface area contributed by atoms with Crippen LogP contribution in [0.5, 0.6) is 11.5 Å². The average molecular weight is 347 g/mol. The first-order valence-corrected chi connectivity index (χ1v) is 8.10. The van der Waals surface area contributed by atoms with E-state index in [1.807, 2.05) is 13.8 Å². The van der Waals surface area contributed by atoms with E-state index in [2.05, 4.69) is 0 Å². The van der Waals surface area contributed by atoms with Gasteiger partial charge in [0.15, 0.2) is 0 Å². The second-order valence-electron chi connectivity index (χ2n) is 4.80. The highest BCUT2D eigenvalue weighted by Gasteiger charge is 2.19. The summed E-state index contributed by atoms with van der Waals surface area (Å²) in [5.41, 5.74) is 0.344. The number of unbranched alkanes of at least 4 members (excludes halogenated alkanes) is 2. The van der Waals surface area contributed by atoms with E-state index >= 15 is 0 Å². The summed E-state index contributed by atoms with van der Waals surface area (Å²) in [6.07, 6.45) is 3.55. The van der Waals surface area contributed by atoms with Crippen LogP contribution >= 0.6 is 23.2 Å². The number of benzene rings is 1. The molecule has 0 aliphatic rings. The molecule has 0 amide bonds. The van der Waals surface area contributed by atoms with E-state index in [0.717, 1.165) is 25.7 Å². The van der Waals surface area contributed by atoms with Gasteiger partial charge in [-0.3, -0.25) is 9.59 Å². The minimum absolute atomic E-state index is 0.172. The standard InChI is InChI=1S/C16H20Cl2O4/c1-3-5-7-21-13-9-12(16(18)20)14(22-8-6-4-2)10-11(13)15(17)19/h9-10H,3-8H2,1-2H3. The smallest absolute Gasteiger partial charge is 0.256 e. The Labute approximate surface area is 140 Å². The molecule has 1 aromatic rings. The van der Waals surface area contributed by atoms with Crippen LogP contribution in [-0.2, 0) is 0 Å². The number of ether oxygens (including phenoxy) is 2. The number of rotatable bonds is 10. The highest BCUT2D eigenvalue weighted by molar-refractivity contribution is 6.69. The highest BCUT2D eigenvalue weighted by Crippen LogP contribution is 2.31. The highest BCUT2D eigenvalue weighted by atomic mass is 35.5. The summed E-state index contributed by atoms with van der Waals surface area (Å²) in [5, 5.41) is -1.33. The summed E-state index contributed by atoms with van der Waals surface area (Å²) in [5.74, 6) is 0.501. The Balaban J connectivity index is 3.13. The van der Waals surface area contributed by atoms with Crippen molar-refractivity contribution in [2.45, 2.75) is 39.5 Å². The lowest BCUT2D eigenvalue weighted by molar-refractivity contribution is 0.106. The van der Waals surface area contributed by atoms with Crippen LogP contribution in [0.1, 0.15) is 60.2 Å². The minimum Gasteiger partial charge on any atom is -0.493 e. The van der Waals surface area contributed by atoms with Gasteiger partial charge in [-0.25, -0.2) is 0 Å². The summed E-state index contributed by atoms with van der Waals surface area (Å²) in [6.45, 7) is 4.91. The molecule has 0 aromatic heterocycles. The van der Waals surface area contributed by atoms with Crippen LogP contribution in [0.25, 0.3) is 0 Å². The molecule has 0 fully saturated rings. The summed E-state index contributed by atoms with van der Waals surface area (Å²) in [7, 11) is 0. The molecule has 22 heavy (non-hydrogen) atoms. The molecule has 0 radical (unpaired) electrons. The third kappa shape index (κ3) is 5.50. The molecule has 6 heteroatoms. The Hall–Kier alpha value is -1.26. The monoisotopic (exact) mass is 346 g/mol. The van der Waals surface area contributed by atoms with Gasteiger partial charge in [-0.15, -0.1) is 0 Å². The normalized spacial score (nSPS) is 10.4. The molecular formula is C16H20Cl2O4. The number of carbonyl (C=O) groups excluding carboxylic acids is 2. The Bertz CT molecular complexity index is 481. The SMILES string of the molecule is CCCCOc1cc(C(=O)Cl)c(OCCCC)cc1C(=O)Cl. The van der Waals surface area contributed by atoms with Gasteiger partial charge in [0.1, 0.15) is 11.5 Å². The van der Waals surface area contributed by atoms with E-state index < -0.39 is 10.5 Å². The van der Waals surface area contributed by atoms with Gasteiger partial charge in [-0.2, -0.15) is 0 Å². The maximum atomic E-state index is 11.6. The van der Waals surface area contributed by atoms with Gasteiger partial charge in [-0.1, -0.05) is 26.7 Å². The third-order valence-electron chi connectivity index (χ3n) is 3.02. The number of hydrogen-bond donors (Lipinski definition) is 0. The van der Waals surface area contributed by atoms with E-state index in [-0.39, 0.29) is 22.6 Å². The lowest BCUT2D eigenvalue weighted by Crippen LogP contribution is -2.07. The summed E-state index contributed by atoms with van der Waals surface area (Å²) in [4.78, 5) is 23.1. The lowest BCUT2D eigenvalue weighted by Gasteiger charge is -2.14. The number of halogens is 2. The molecular weight excluding hydrogens is 327 g/mol. The van der Waals surface area contributed by atoms with Gasteiger partial charge in [0.25, 0.3) is 10.5 Å². The van der Waals surface area contributed by atoms with E-state index in [1.54, 1.807) is 0 Å². The van der Waals surface area contributed by atoms with Crippen LogP contribution in [-0.4, -0.2) is 23.7 Å². The zero-order valence-electron chi connectivity index (χ0n) is 12.8. The summed E-state index contributed by atoms with van der Waals surface area (Å²) < 4.78 is 11.1. The van der Waals surface area contributed by atoms with Crippen molar-refractivity contribution in [3.05, 3.63) is 23.3 Å². The van der Waals surface area contributed by atoms with Crippen LogP contribution in [0.15, 0.2) is 12.1 Å². The van der Waals surface area contributed by atoms with Crippen molar-refractivity contribution in [1.29, 1.82) is 0 Å². The molecule has 1 aromatic carbocycles. The van der Waals surface area contributed by atoms with Crippen molar-refractivity contribution >= 4 is 33.7 Å². The van der Waals surface area contributed by atoms with Gasteiger partial charge in [-0.05, 0) is 48.2 Å². The molecule has 0 heterocycles. The van der Waals surface area contributed by atoms with E-state index in [0.29, 0.717) is 13.2 Å². The Morgan fingerprint density at radius 2 is 1.23 bits per heavy atom. The van der Waals surface area contributed by atoms with E-state index in [9.17, 15) is 9.59 Å². The van der Waals surface area contributed by atoms with Gasteiger partial charge < -0.3 is 9.47 Å².